The summed E-state index contributed by atoms with van der Waals surface area (Å²) < 4.78 is 10.7. The lowest BCUT2D eigenvalue weighted by Gasteiger charge is -2.20. The maximum Gasteiger partial charge on any atom is 0.273 e. The van der Waals surface area contributed by atoms with E-state index in [-0.39, 0.29) is 11.6 Å². The molecule has 0 unspecified atom stereocenters. The fourth-order valence-electron chi connectivity index (χ4n) is 2.93. The van der Waals surface area contributed by atoms with E-state index in [2.05, 4.69) is 15.2 Å². The van der Waals surface area contributed by atoms with Crippen molar-refractivity contribution < 1.29 is 13.6 Å². The SMILES string of the molecule is O=C(NCc1ccco1)c1coc(CN(Cc2ccccc2Cl)C2CC2)n1. The quantitative estimate of drug-likeness (QED) is 0.634. The third-order valence-electron chi connectivity index (χ3n) is 4.52. The van der Waals surface area contributed by atoms with Crippen molar-refractivity contribution in [2.75, 3.05) is 0 Å². The minimum atomic E-state index is -0.287. The Morgan fingerprint density at radius 2 is 2.04 bits per heavy atom. The summed E-state index contributed by atoms with van der Waals surface area (Å²) in [5, 5.41) is 3.52. The highest BCUT2D eigenvalue weighted by molar-refractivity contribution is 6.31. The molecule has 2 aromatic heterocycles. The second kappa shape index (κ2) is 7.98. The molecule has 0 saturated heterocycles. The molecule has 0 spiro atoms. The van der Waals surface area contributed by atoms with Gasteiger partial charge in [-0.2, -0.15) is 0 Å². The molecular formula is C20H20ClN3O3. The number of nitrogens with one attached hydrogen (secondary N) is 1. The van der Waals surface area contributed by atoms with Crippen LogP contribution in [0.3, 0.4) is 0 Å². The number of furan rings is 1. The molecule has 1 aliphatic rings. The zero-order valence-corrected chi connectivity index (χ0v) is 15.5. The van der Waals surface area contributed by atoms with Crippen molar-refractivity contribution in [2.24, 2.45) is 0 Å². The van der Waals surface area contributed by atoms with Gasteiger partial charge in [0, 0.05) is 17.6 Å². The van der Waals surface area contributed by atoms with E-state index in [0.29, 0.717) is 30.8 Å². The van der Waals surface area contributed by atoms with Gasteiger partial charge in [0.2, 0.25) is 5.89 Å². The Morgan fingerprint density at radius 3 is 2.78 bits per heavy atom. The molecule has 2 heterocycles. The molecule has 7 heteroatoms. The second-order valence-corrected chi connectivity index (χ2v) is 7.02. The van der Waals surface area contributed by atoms with Gasteiger partial charge >= 0.3 is 0 Å². The number of carbonyl (C=O) groups is 1. The summed E-state index contributed by atoms with van der Waals surface area (Å²) >= 11 is 6.29. The van der Waals surface area contributed by atoms with E-state index in [0.717, 1.165) is 30.0 Å². The minimum absolute atomic E-state index is 0.269. The maximum atomic E-state index is 12.2. The first-order chi connectivity index (χ1) is 13.2. The largest absolute Gasteiger partial charge is 0.467 e. The molecule has 27 heavy (non-hydrogen) atoms. The van der Waals surface area contributed by atoms with E-state index in [1.54, 1.807) is 18.4 Å². The van der Waals surface area contributed by atoms with Crippen molar-refractivity contribution >= 4 is 17.5 Å². The number of nitrogens with zero attached hydrogens (tertiary/aromatic N) is 2. The van der Waals surface area contributed by atoms with Gasteiger partial charge in [-0.3, -0.25) is 9.69 Å². The number of hydrogen-bond donors (Lipinski definition) is 1. The third-order valence-corrected chi connectivity index (χ3v) is 4.89. The Morgan fingerprint density at radius 1 is 1.19 bits per heavy atom. The zero-order chi connectivity index (χ0) is 18.6. The predicted octanol–water partition coefficient (Wildman–Crippen LogP) is 4.02. The average Bonchev–Trinajstić information content (AvgIpc) is 3.18. The van der Waals surface area contributed by atoms with E-state index < -0.39 is 0 Å². The van der Waals surface area contributed by atoms with Crippen LogP contribution in [0, 0.1) is 0 Å². The topological polar surface area (TPSA) is 71.5 Å². The van der Waals surface area contributed by atoms with E-state index in [1.807, 2.05) is 24.3 Å². The smallest absolute Gasteiger partial charge is 0.273 e. The van der Waals surface area contributed by atoms with Gasteiger partial charge in [-0.25, -0.2) is 4.98 Å². The molecule has 1 fully saturated rings. The van der Waals surface area contributed by atoms with Crippen LogP contribution in [0.4, 0.5) is 0 Å². The molecule has 3 aromatic rings. The van der Waals surface area contributed by atoms with Crippen molar-refractivity contribution in [1.29, 1.82) is 0 Å². The molecule has 4 rings (SSSR count). The maximum absolute atomic E-state index is 12.2. The zero-order valence-electron chi connectivity index (χ0n) is 14.7. The average molecular weight is 386 g/mol. The normalized spacial score (nSPS) is 13.9. The Balaban J connectivity index is 1.38. The van der Waals surface area contributed by atoms with Crippen LogP contribution in [-0.4, -0.2) is 21.8 Å². The van der Waals surface area contributed by atoms with Gasteiger partial charge in [-0.1, -0.05) is 29.8 Å². The van der Waals surface area contributed by atoms with Gasteiger partial charge in [-0.05, 0) is 36.6 Å². The van der Waals surface area contributed by atoms with Crippen molar-refractivity contribution in [1.82, 2.24) is 15.2 Å². The third kappa shape index (κ3) is 4.59. The molecule has 140 valence electrons. The highest BCUT2D eigenvalue weighted by Crippen LogP contribution is 2.31. The number of hydrogen-bond acceptors (Lipinski definition) is 5. The first-order valence-corrected chi connectivity index (χ1v) is 9.29. The summed E-state index contributed by atoms with van der Waals surface area (Å²) in [5.74, 6) is 0.925. The molecule has 0 atom stereocenters. The van der Waals surface area contributed by atoms with E-state index in [9.17, 15) is 4.79 Å². The summed E-state index contributed by atoms with van der Waals surface area (Å²) in [5.41, 5.74) is 1.35. The fraction of sp³-hybridized carbons (Fsp3) is 0.300. The molecule has 1 saturated carbocycles. The summed E-state index contributed by atoms with van der Waals surface area (Å²) in [6.07, 6.45) is 5.28. The van der Waals surface area contributed by atoms with Gasteiger partial charge in [-0.15, -0.1) is 0 Å². The highest BCUT2D eigenvalue weighted by atomic mass is 35.5. The minimum Gasteiger partial charge on any atom is -0.467 e. The van der Waals surface area contributed by atoms with Gasteiger partial charge in [0.1, 0.15) is 12.0 Å². The first-order valence-electron chi connectivity index (χ1n) is 8.91. The van der Waals surface area contributed by atoms with Crippen molar-refractivity contribution in [3.8, 4) is 0 Å². The monoisotopic (exact) mass is 385 g/mol. The van der Waals surface area contributed by atoms with Gasteiger partial charge in [0.05, 0.1) is 19.4 Å². The summed E-state index contributed by atoms with van der Waals surface area (Å²) in [6, 6.07) is 11.9. The van der Waals surface area contributed by atoms with E-state index in [1.165, 1.54) is 6.26 Å². The number of oxazole rings is 1. The van der Waals surface area contributed by atoms with Crippen LogP contribution in [0.2, 0.25) is 5.02 Å². The summed E-state index contributed by atoms with van der Waals surface area (Å²) in [6.45, 7) is 1.59. The van der Waals surface area contributed by atoms with Gasteiger partial charge < -0.3 is 14.2 Å². The summed E-state index contributed by atoms with van der Waals surface area (Å²) in [7, 11) is 0. The van der Waals surface area contributed by atoms with Crippen LogP contribution in [0.1, 0.15) is 40.5 Å². The van der Waals surface area contributed by atoms with Crippen LogP contribution < -0.4 is 5.32 Å². The molecular weight excluding hydrogens is 366 g/mol. The number of benzene rings is 1. The fourth-order valence-corrected chi connectivity index (χ4v) is 3.13. The van der Waals surface area contributed by atoms with E-state index in [4.69, 9.17) is 20.4 Å². The number of carbonyl (C=O) groups excluding carboxylic acids is 1. The standard InChI is InChI=1S/C20H20ClN3O3/c21-17-6-2-1-4-14(17)11-24(15-7-8-15)12-19-23-18(13-27-19)20(25)22-10-16-5-3-9-26-16/h1-6,9,13,15H,7-8,10-12H2,(H,22,25). The van der Waals surface area contributed by atoms with Gasteiger partial charge in [0.15, 0.2) is 5.69 Å². The molecule has 0 aliphatic heterocycles. The molecule has 0 bridgehead atoms. The Bertz CT molecular complexity index is 903. The van der Waals surface area contributed by atoms with Crippen molar-refractivity contribution in [3.63, 3.8) is 0 Å². The van der Waals surface area contributed by atoms with Crippen molar-refractivity contribution in [3.05, 3.63) is 76.9 Å². The number of halogens is 1. The first kappa shape index (κ1) is 17.8. The lowest BCUT2D eigenvalue weighted by molar-refractivity contribution is 0.0943. The Labute approximate surface area is 162 Å². The van der Waals surface area contributed by atoms with Crippen LogP contribution in [0.25, 0.3) is 0 Å². The van der Waals surface area contributed by atoms with Crippen LogP contribution in [-0.2, 0) is 19.6 Å². The number of aromatic nitrogens is 1. The van der Waals surface area contributed by atoms with E-state index >= 15 is 0 Å². The lowest BCUT2D eigenvalue weighted by atomic mass is 10.2. The lowest BCUT2D eigenvalue weighted by Crippen LogP contribution is -2.26. The van der Waals surface area contributed by atoms with Crippen LogP contribution in [0.15, 0.2) is 57.8 Å². The summed E-state index contributed by atoms with van der Waals surface area (Å²) in [4.78, 5) is 18.8. The van der Waals surface area contributed by atoms with Crippen LogP contribution in [0.5, 0.6) is 0 Å². The molecule has 1 amide bonds. The second-order valence-electron chi connectivity index (χ2n) is 6.62. The Hall–Kier alpha value is -2.57. The molecule has 1 aliphatic carbocycles. The molecule has 0 radical (unpaired) electrons. The number of rotatable bonds is 8. The Kier molecular flexibility index (Phi) is 5.27. The molecule has 1 aromatic carbocycles. The van der Waals surface area contributed by atoms with Crippen LogP contribution >= 0.6 is 11.6 Å². The number of amides is 1. The molecule has 1 N–H and O–H groups in total. The molecule has 6 nitrogen and oxygen atoms in total. The predicted molar refractivity (Wildman–Crippen MR) is 100 cm³/mol. The van der Waals surface area contributed by atoms with Gasteiger partial charge in [0.25, 0.3) is 5.91 Å². The van der Waals surface area contributed by atoms with Crippen molar-refractivity contribution in [2.45, 2.75) is 38.5 Å². The highest BCUT2D eigenvalue weighted by Gasteiger charge is 2.30.